The number of carboxylic acid groups (broad SMARTS) is 1. The van der Waals surface area contributed by atoms with Crippen LogP contribution in [0.5, 0.6) is 0 Å². The Bertz CT molecular complexity index is 17.1. The normalized spacial score (nSPS) is 2.40. The molecule has 0 radical (unpaired) electrons. The fraction of sp³-hybridized carbons (Fsp3) is 0. The number of rotatable bonds is 0. The molecule has 0 bridgehead atoms. The molecule has 0 aromatic carbocycles. The van der Waals surface area contributed by atoms with Gasteiger partial charge in [-0.15, -0.1) is 12.4 Å². The molecule has 0 aromatic rings. The molecule has 0 aromatic heterocycles. The summed E-state index contributed by atoms with van der Waals surface area (Å²) in [7, 11) is 0. The van der Waals surface area contributed by atoms with Gasteiger partial charge in [-0.25, -0.2) is 0 Å². The fourth-order valence-electron chi connectivity index (χ4n) is 0. The second-order valence-corrected chi connectivity index (χ2v) is 0.105. The zero-order valence-corrected chi connectivity index (χ0v) is 2.66. The van der Waals surface area contributed by atoms with Crippen LogP contribution < -0.4 is 0 Å². The molecule has 4 heteroatoms. The van der Waals surface area contributed by atoms with Gasteiger partial charge in [-0.1, -0.05) is 0 Å². The van der Waals surface area contributed by atoms with Crippen LogP contribution in [-0.2, 0) is 4.79 Å². The van der Waals surface area contributed by atoms with Gasteiger partial charge in [-0.2, -0.15) is 0 Å². The van der Waals surface area contributed by atoms with E-state index in [4.69, 9.17) is 9.90 Å². The van der Waals surface area contributed by atoms with Gasteiger partial charge >= 0.3 is 51.4 Å². The first-order chi connectivity index (χ1) is 1.41. The molecule has 0 saturated carbocycles. The van der Waals surface area contributed by atoms with Crippen LogP contribution in [0.3, 0.4) is 0 Å². The molecule has 0 atom stereocenters. The molecule has 28 valence electrons. The molecule has 0 aliphatic rings. The van der Waals surface area contributed by atoms with E-state index in [0.717, 1.165) is 0 Å². The molecule has 0 fully saturated rings. The Morgan fingerprint density at radius 1 is 1.60 bits per heavy atom. The van der Waals surface area contributed by atoms with Crippen molar-refractivity contribution < 1.29 is 9.90 Å². The molecule has 0 saturated heterocycles. The van der Waals surface area contributed by atoms with Crippen LogP contribution in [0.2, 0.25) is 0 Å². The van der Waals surface area contributed by atoms with Crippen molar-refractivity contribution in [2.24, 2.45) is 0 Å². The number of hydrogen-bond donors (Lipinski definition) is 1. The van der Waals surface area contributed by atoms with Crippen LogP contribution in [-0.4, -0.2) is 63.0 Å². The predicted molar refractivity (Wildman–Crippen MR) is 23.1 cm³/mol. The first kappa shape index (κ1) is 16.1. The maximum atomic E-state index is 8.36. The van der Waals surface area contributed by atoms with E-state index in [9.17, 15) is 0 Å². The standard InChI is InChI=1S/CH2O2.ClH.K.H/c2-1-3;;;/h1H,(H,2,3);1H;;. The van der Waals surface area contributed by atoms with E-state index in [2.05, 4.69) is 0 Å². The topological polar surface area (TPSA) is 37.3 Å². The molecule has 0 aliphatic heterocycles. The summed E-state index contributed by atoms with van der Waals surface area (Å²) in [5.74, 6) is 0. The Morgan fingerprint density at radius 2 is 1.60 bits per heavy atom. The first-order valence-corrected chi connectivity index (χ1v) is 0.494. The molecule has 0 spiro atoms. The van der Waals surface area contributed by atoms with Gasteiger partial charge in [0.25, 0.3) is 6.47 Å². The third kappa shape index (κ3) is 31.9. The first-order valence-electron chi connectivity index (χ1n) is 0.494. The van der Waals surface area contributed by atoms with Crippen LogP contribution in [0.15, 0.2) is 0 Å². The minimum absolute atomic E-state index is 0. The Labute approximate surface area is 78.8 Å². The van der Waals surface area contributed by atoms with E-state index in [1.54, 1.807) is 0 Å². The Kier molecular flexibility index (Phi) is 58.7. The van der Waals surface area contributed by atoms with Crippen LogP contribution in [0.4, 0.5) is 0 Å². The zero-order valence-electron chi connectivity index (χ0n) is 1.84. The van der Waals surface area contributed by atoms with E-state index in [1.165, 1.54) is 0 Å². The van der Waals surface area contributed by atoms with E-state index in [0.29, 0.717) is 0 Å². The predicted octanol–water partition coefficient (Wildman–Crippen LogP) is -0.526. The van der Waals surface area contributed by atoms with Crippen molar-refractivity contribution in [2.75, 3.05) is 0 Å². The van der Waals surface area contributed by atoms with Crippen LogP contribution in [0.25, 0.3) is 0 Å². The van der Waals surface area contributed by atoms with E-state index in [1.807, 2.05) is 0 Å². The van der Waals surface area contributed by atoms with Crippen molar-refractivity contribution in [1.29, 1.82) is 0 Å². The molecule has 1 N–H and O–H groups in total. The third-order valence-corrected chi connectivity index (χ3v) is 0. The molecule has 0 aliphatic carbocycles. The number of halogens is 1. The van der Waals surface area contributed by atoms with Gasteiger partial charge in [-0.05, 0) is 0 Å². The van der Waals surface area contributed by atoms with Gasteiger partial charge in [0.2, 0.25) is 0 Å². The van der Waals surface area contributed by atoms with Crippen molar-refractivity contribution in [3.63, 3.8) is 0 Å². The summed E-state index contributed by atoms with van der Waals surface area (Å²) in [6.07, 6.45) is 0. The van der Waals surface area contributed by atoms with Gasteiger partial charge in [0.1, 0.15) is 0 Å². The summed E-state index contributed by atoms with van der Waals surface area (Å²) in [5, 5.41) is 6.89. The van der Waals surface area contributed by atoms with Crippen molar-refractivity contribution in [3.05, 3.63) is 0 Å². The molecule has 5 heavy (non-hydrogen) atoms. The summed E-state index contributed by atoms with van der Waals surface area (Å²) in [4.78, 5) is 8.36. The summed E-state index contributed by atoms with van der Waals surface area (Å²) >= 11 is 0. The molecular weight excluding hydrogens is 119 g/mol. The van der Waals surface area contributed by atoms with Crippen molar-refractivity contribution in [1.82, 2.24) is 0 Å². The van der Waals surface area contributed by atoms with E-state index >= 15 is 0 Å². The van der Waals surface area contributed by atoms with Crippen LogP contribution in [0, 0.1) is 0 Å². The Balaban J connectivity index is -0.0000000200. The van der Waals surface area contributed by atoms with Gasteiger partial charge < -0.3 is 5.11 Å². The SMILES string of the molecule is Cl.O=CO.[KH]. The summed E-state index contributed by atoms with van der Waals surface area (Å²) < 4.78 is 0. The second-order valence-electron chi connectivity index (χ2n) is 0.105. The van der Waals surface area contributed by atoms with Crippen molar-refractivity contribution in [3.8, 4) is 0 Å². The molecule has 0 heterocycles. The third-order valence-electron chi connectivity index (χ3n) is 0. The number of hydrogen-bond acceptors (Lipinski definition) is 1. The average Bonchev–Trinajstić information content (AvgIpc) is 0.918. The Hall–Kier alpha value is 1.40. The fourth-order valence-corrected chi connectivity index (χ4v) is 0. The zero-order chi connectivity index (χ0) is 2.71. The monoisotopic (exact) mass is 122 g/mol. The van der Waals surface area contributed by atoms with Gasteiger partial charge in [0, 0.05) is 0 Å². The van der Waals surface area contributed by atoms with Crippen LogP contribution in [0.1, 0.15) is 0 Å². The molecular formula is CH4ClKO2. The average molecular weight is 123 g/mol. The van der Waals surface area contributed by atoms with Crippen molar-refractivity contribution >= 4 is 70.3 Å². The number of carbonyl (C=O) groups is 1. The molecule has 2 nitrogen and oxygen atoms in total. The molecule has 0 rings (SSSR count). The van der Waals surface area contributed by atoms with E-state index in [-0.39, 0.29) is 70.3 Å². The van der Waals surface area contributed by atoms with Gasteiger partial charge in [0.15, 0.2) is 0 Å². The van der Waals surface area contributed by atoms with Gasteiger partial charge in [-0.3, -0.25) is 4.79 Å². The summed E-state index contributed by atoms with van der Waals surface area (Å²) in [6.45, 7) is -0.250. The second kappa shape index (κ2) is 18.2. The van der Waals surface area contributed by atoms with Crippen LogP contribution >= 0.6 is 12.4 Å². The summed E-state index contributed by atoms with van der Waals surface area (Å²) in [5.41, 5.74) is 0. The summed E-state index contributed by atoms with van der Waals surface area (Å²) in [6, 6.07) is 0. The van der Waals surface area contributed by atoms with Crippen molar-refractivity contribution in [2.45, 2.75) is 0 Å². The molecule has 0 unspecified atom stereocenters. The Morgan fingerprint density at radius 3 is 1.60 bits per heavy atom. The van der Waals surface area contributed by atoms with E-state index < -0.39 is 0 Å². The van der Waals surface area contributed by atoms with Gasteiger partial charge in [0.05, 0.1) is 0 Å². The molecule has 0 amide bonds. The quantitative estimate of drug-likeness (QED) is 0.347. The minimum atomic E-state index is -0.250. The maximum absolute atomic E-state index is 8.36.